The summed E-state index contributed by atoms with van der Waals surface area (Å²) in [4.78, 5) is 5.52. The molecule has 1 aromatic heterocycles. The summed E-state index contributed by atoms with van der Waals surface area (Å²) in [5.41, 5.74) is 6.73. The van der Waals surface area contributed by atoms with Crippen LogP contribution in [0.5, 0.6) is 5.75 Å². The second-order valence-corrected chi connectivity index (χ2v) is 5.06. The first kappa shape index (κ1) is 12.1. The smallest absolute Gasteiger partial charge is 0.140 e. The first-order chi connectivity index (χ1) is 8.28. The fraction of sp³-hybridized carbons (Fsp3) is 0.308. The third kappa shape index (κ3) is 3.54. The van der Waals surface area contributed by atoms with Gasteiger partial charge in [0.15, 0.2) is 0 Å². The van der Waals surface area contributed by atoms with Crippen LogP contribution in [0.4, 0.5) is 0 Å². The summed E-state index contributed by atoms with van der Waals surface area (Å²) in [7, 11) is 0. The van der Waals surface area contributed by atoms with Crippen molar-refractivity contribution in [1.82, 2.24) is 4.98 Å². The maximum Gasteiger partial charge on any atom is 0.140 e. The van der Waals surface area contributed by atoms with Crippen molar-refractivity contribution in [3.8, 4) is 5.75 Å². The van der Waals surface area contributed by atoms with Gasteiger partial charge in [-0.1, -0.05) is 17.7 Å². The van der Waals surface area contributed by atoms with Crippen molar-refractivity contribution < 1.29 is 4.74 Å². The van der Waals surface area contributed by atoms with Crippen LogP contribution in [0.1, 0.15) is 15.4 Å². The van der Waals surface area contributed by atoms with Crippen LogP contribution in [0.2, 0.25) is 0 Å². The van der Waals surface area contributed by atoms with E-state index in [4.69, 9.17) is 10.5 Å². The van der Waals surface area contributed by atoms with Gasteiger partial charge in [0, 0.05) is 11.1 Å². The molecule has 0 aliphatic rings. The van der Waals surface area contributed by atoms with Gasteiger partial charge in [-0.3, -0.25) is 0 Å². The number of hydrogen-bond acceptors (Lipinski definition) is 4. The minimum Gasteiger partial charge on any atom is -0.486 e. The first-order valence-corrected chi connectivity index (χ1v) is 6.42. The highest BCUT2D eigenvalue weighted by molar-refractivity contribution is 7.11. The Morgan fingerprint density at radius 1 is 1.29 bits per heavy atom. The van der Waals surface area contributed by atoms with Crippen molar-refractivity contribution in [1.29, 1.82) is 0 Å². The van der Waals surface area contributed by atoms with Crippen molar-refractivity contribution in [2.24, 2.45) is 5.73 Å². The summed E-state index contributed by atoms with van der Waals surface area (Å²) < 4.78 is 5.66. The molecule has 90 valence electrons. The molecular formula is C13H16N2OS. The van der Waals surface area contributed by atoms with Gasteiger partial charge in [0.2, 0.25) is 0 Å². The zero-order valence-electron chi connectivity index (χ0n) is 9.85. The zero-order valence-corrected chi connectivity index (χ0v) is 10.7. The molecular weight excluding hydrogens is 232 g/mol. The van der Waals surface area contributed by atoms with Crippen molar-refractivity contribution in [2.75, 3.05) is 6.54 Å². The number of nitrogens with zero attached hydrogens (tertiary/aromatic N) is 1. The number of thiazole rings is 1. The summed E-state index contributed by atoms with van der Waals surface area (Å²) in [6.45, 7) is 3.25. The Hall–Kier alpha value is -1.39. The van der Waals surface area contributed by atoms with Crippen LogP contribution in [0.15, 0.2) is 30.5 Å². The van der Waals surface area contributed by atoms with Gasteiger partial charge in [0.25, 0.3) is 0 Å². The van der Waals surface area contributed by atoms with E-state index < -0.39 is 0 Å². The van der Waals surface area contributed by atoms with Crippen LogP contribution in [0.25, 0.3) is 0 Å². The van der Waals surface area contributed by atoms with E-state index in [1.54, 1.807) is 11.3 Å². The van der Waals surface area contributed by atoms with E-state index in [-0.39, 0.29) is 0 Å². The average molecular weight is 248 g/mol. The molecule has 2 aromatic rings. The zero-order chi connectivity index (χ0) is 12.1. The Morgan fingerprint density at radius 3 is 2.76 bits per heavy atom. The molecule has 1 heterocycles. The molecule has 4 heteroatoms. The molecule has 2 rings (SSSR count). The maximum absolute atomic E-state index is 5.66. The summed E-state index contributed by atoms with van der Waals surface area (Å²) >= 11 is 1.66. The maximum atomic E-state index is 5.66. The van der Waals surface area contributed by atoms with Crippen molar-refractivity contribution in [3.05, 3.63) is 45.9 Å². The third-order valence-corrected chi connectivity index (χ3v) is 3.41. The fourth-order valence-electron chi connectivity index (χ4n) is 1.45. The van der Waals surface area contributed by atoms with Gasteiger partial charge in [-0.25, -0.2) is 4.98 Å². The molecule has 3 nitrogen and oxygen atoms in total. The SMILES string of the molecule is Cc1ccc(OCc2ncc(CCN)s2)cc1. The summed E-state index contributed by atoms with van der Waals surface area (Å²) in [6, 6.07) is 8.03. The lowest BCUT2D eigenvalue weighted by Gasteiger charge is -2.03. The van der Waals surface area contributed by atoms with Gasteiger partial charge in [-0.05, 0) is 32.0 Å². The lowest BCUT2D eigenvalue weighted by atomic mass is 10.2. The molecule has 0 amide bonds. The lowest BCUT2D eigenvalue weighted by Crippen LogP contribution is -2.00. The molecule has 0 saturated carbocycles. The van der Waals surface area contributed by atoms with E-state index in [0.717, 1.165) is 17.2 Å². The highest BCUT2D eigenvalue weighted by atomic mass is 32.1. The number of aryl methyl sites for hydroxylation is 1. The summed E-state index contributed by atoms with van der Waals surface area (Å²) in [5.74, 6) is 0.881. The van der Waals surface area contributed by atoms with Crippen LogP contribution in [0, 0.1) is 6.92 Å². The van der Waals surface area contributed by atoms with Gasteiger partial charge in [-0.2, -0.15) is 0 Å². The lowest BCUT2D eigenvalue weighted by molar-refractivity contribution is 0.305. The van der Waals surface area contributed by atoms with Gasteiger partial charge < -0.3 is 10.5 Å². The van der Waals surface area contributed by atoms with Crippen LogP contribution >= 0.6 is 11.3 Å². The predicted molar refractivity (Wildman–Crippen MR) is 70.4 cm³/mol. The average Bonchev–Trinajstić information content (AvgIpc) is 2.77. The Morgan fingerprint density at radius 2 is 2.06 bits per heavy atom. The van der Waals surface area contributed by atoms with Crippen molar-refractivity contribution in [2.45, 2.75) is 20.0 Å². The first-order valence-electron chi connectivity index (χ1n) is 5.61. The molecule has 0 atom stereocenters. The monoisotopic (exact) mass is 248 g/mol. The molecule has 0 bridgehead atoms. The molecule has 0 fully saturated rings. The van der Waals surface area contributed by atoms with Crippen LogP contribution in [0.3, 0.4) is 0 Å². The molecule has 0 radical (unpaired) electrons. The predicted octanol–water partition coefficient (Wildman–Crippen LogP) is 2.53. The molecule has 0 aliphatic heterocycles. The standard InChI is InChI=1S/C13H16N2OS/c1-10-2-4-11(5-3-10)16-9-13-15-8-12(17-13)6-7-14/h2-5,8H,6-7,9,14H2,1H3. The second-order valence-electron chi connectivity index (χ2n) is 3.86. The molecule has 0 spiro atoms. The van der Waals surface area contributed by atoms with Crippen LogP contribution < -0.4 is 10.5 Å². The van der Waals surface area contributed by atoms with E-state index >= 15 is 0 Å². The van der Waals surface area contributed by atoms with Gasteiger partial charge in [0.05, 0.1) is 0 Å². The second kappa shape index (κ2) is 5.80. The van der Waals surface area contributed by atoms with Crippen LogP contribution in [-0.2, 0) is 13.0 Å². The number of nitrogens with two attached hydrogens (primary N) is 1. The molecule has 0 aliphatic carbocycles. The molecule has 17 heavy (non-hydrogen) atoms. The summed E-state index contributed by atoms with van der Waals surface area (Å²) in [5, 5.41) is 0.994. The quantitative estimate of drug-likeness (QED) is 0.884. The normalized spacial score (nSPS) is 10.5. The number of rotatable bonds is 5. The molecule has 0 saturated heterocycles. The van der Waals surface area contributed by atoms with E-state index in [1.807, 2.05) is 30.5 Å². The minimum absolute atomic E-state index is 0.526. The van der Waals surface area contributed by atoms with E-state index in [2.05, 4.69) is 11.9 Å². The van der Waals surface area contributed by atoms with Crippen molar-refractivity contribution in [3.63, 3.8) is 0 Å². The topological polar surface area (TPSA) is 48.1 Å². The number of hydrogen-bond donors (Lipinski definition) is 1. The van der Waals surface area contributed by atoms with Gasteiger partial charge in [0.1, 0.15) is 17.4 Å². The highest BCUT2D eigenvalue weighted by Crippen LogP contribution is 2.17. The number of ether oxygens (including phenoxy) is 1. The molecule has 0 unspecified atom stereocenters. The van der Waals surface area contributed by atoms with E-state index in [9.17, 15) is 0 Å². The van der Waals surface area contributed by atoms with Crippen molar-refractivity contribution >= 4 is 11.3 Å². The van der Waals surface area contributed by atoms with E-state index in [1.165, 1.54) is 10.4 Å². The Balaban J connectivity index is 1.90. The summed E-state index contributed by atoms with van der Waals surface area (Å²) in [6.07, 6.45) is 2.77. The van der Waals surface area contributed by atoms with Gasteiger partial charge >= 0.3 is 0 Å². The van der Waals surface area contributed by atoms with Crippen LogP contribution in [-0.4, -0.2) is 11.5 Å². The Kier molecular flexibility index (Phi) is 4.12. The highest BCUT2D eigenvalue weighted by Gasteiger charge is 2.02. The minimum atomic E-state index is 0.526. The van der Waals surface area contributed by atoms with E-state index in [0.29, 0.717) is 13.2 Å². The number of benzene rings is 1. The fourth-order valence-corrected chi connectivity index (χ4v) is 2.30. The Bertz CT molecular complexity index is 465. The van der Waals surface area contributed by atoms with Gasteiger partial charge in [-0.15, -0.1) is 11.3 Å². The Labute approximate surface area is 105 Å². The third-order valence-electron chi connectivity index (χ3n) is 2.38. The largest absolute Gasteiger partial charge is 0.486 e. The number of aromatic nitrogens is 1. The molecule has 2 N–H and O–H groups in total. The molecule has 1 aromatic carbocycles.